The van der Waals surface area contributed by atoms with Crippen LogP contribution in [0.5, 0.6) is 5.75 Å². The first kappa shape index (κ1) is 21.2. The lowest BCUT2D eigenvalue weighted by Crippen LogP contribution is -2.48. The lowest BCUT2D eigenvalue weighted by Gasteiger charge is -2.31. The molecule has 2 aromatic rings. The predicted molar refractivity (Wildman–Crippen MR) is 104 cm³/mol. The van der Waals surface area contributed by atoms with E-state index in [4.69, 9.17) is 4.74 Å². The van der Waals surface area contributed by atoms with Crippen LogP contribution in [-0.2, 0) is 11.4 Å². The van der Waals surface area contributed by atoms with Crippen LogP contribution in [0.25, 0.3) is 0 Å². The summed E-state index contributed by atoms with van der Waals surface area (Å²) in [5.74, 6) is 1.21. The van der Waals surface area contributed by atoms with Crippen molar-refractivity contribution in [3.8, 4) is 5.75 Å². The van der Waals surface area contributed by atoms with Gasteiger partial charge in [-0.15, -0.1) is 24.8 Å². The van der Waals surface area contributed by atoms with Crippen LogP contribution < -0.4 is 15.4 Å². The molecule has 1 saturated heterocycles. The second-order valence-electron chi connectivity index (χ2n) is 5.83. The summed E-state index contributed by atoms with van der Waals surface area (Å²) in [7, 11) is 0. The van der Waals surface area contributed by atoms with Gasteiger partial charge in [0.05, 0.1) is 5.69 Å². The first-order valence-corrected chi connectivity index (χ1v) is 7.87. The highest BCUT2D eigenvalue weighted by atomic mass is 35.5. The molecule has 7 heteroatoms. The SMILES string of the molecule is CC(C(=O)Nc1cccc(OCc2ccccn2)c1)C1CNC1.Cl.Cl. The van der Waals surface area contributed by atoms with Crippen LogP contribution >= 0.6 is 24.8 Å². The zero-order valence-electron chi connectivity index (χ0n) is 14.0. The summed E-state index contributed by atoms with van der Waals surface area (Å²) in [4.78, 5) is 16.5. The molecule has 0 saturated carbocycles. The molecule has 2 heterocycles. The van der Waals surface area contributed by atoms with E-state index in [-0.39, 0.29) is 36.6 Å². The second-order valence-corrected chi connectivity index (χ2v) is 5.83. The molecule has 136 valence electrons. The van der Waals surface area contributed by atoms with Crippen molar-refractivity contribution in [1.29, 1.82) is 0 Å². The van der Waals surface area contributed by atoms with Crippen LogP contribution in [0.3, 0.4) is 0 Å². The van der Waals surface area contributed by atoms with Crippen LogP contribution in [0, 0.1) is 11.8 Å². The van der Waals surface area contributed by atoms with E-state index < -0.39 is 0 Å². The van der Waals surface area contributed by atoms with Gasteiger partial charge in [0.1, 0.15) is 12.4 Å². The number of nitrogens with one attached hydrogen (secondary N) is 2. The Labute approximate surface area is 160 Å². The van der Waals surface area contributed by atoms with E-state index in [0.29, 0.717) is 18.3 Å². The highest BCUT2D eigenvalue weighted by molar-refractivity contribution is 5.92. The van der Waals surface area contributed by atoms with Gasteiger partial charge >= 0.3 is 0 Å². The summed E-state index contributed by atoms with van der Waals surface area (Å²) in [6, 6.07) is 13.2. The maximum Gasteiger partial charge on any atom is 0.227 e. The maximum absolute atomic E-state index is 12.2. The second kappa shape index (κ2) is 10.2. The Balaban J connectivity index is 0.00000156. The molecule has 1 aromatic heterocycles. The Bertz CT molecular complexity index is 666. The van der Waals surface area contributed by atoms with E-state index in [9.17, 15) is 4.79 Å². The third-order valence-corrected chi connectivity index (χ3v) is 4.15. The van der Waals surface area contributed by atoms with Crippen LogP contribution in [0.4, 0.5) is 5.69 Å². The van der Waals surface area contributed by atoms with Gasteiger partial charge in [0, 0.05) is 23.9 Å². The summed E-state index contributed by atoms with van der Waals surface area (Å²) >= 11 is 0. The number of carbonyl (C=O) groups excluding carboxylic acids is 1. The van der Waals surface area contributed by atoms with E-state index in [0.717, 1.165) is 24.5 Å². The van der Waals surface area contributed by atoms with Crippen LogP contribution in [0.1, 0.15) is 12.6 Å². The van der Waals surface area contributed by atoms with Gasteiger partial charge < -0.3 is 15.4 Å². The molecular formula is C18H23Cl2N3O2. The number of nitrogens with zero attached hydrogens (tertiary/aromatic N) is 1. The Kier molecular flexibility index (Phi) is 8.69. The lowest BCUT2D eigenvalue weighted by atomic mass is 9.88. The molecule has 1 aliphatic heterocycles. The van der Waals surface area contributed by atoms with Crippen LogP contribution in [-0.4, -0.2) is 24.0 Å². The Morgan fingerprint density at radius 1 is 1.28 bits per heavy atom. The lowest BCUT2D eigenvalue weighted by molar-refractivity contribution is -0.121. The fraction of sp³-hybridized carbons (Fsp3) is 0.333. The van der Waals surface area contributed by atoms with Crippen molar-refractivity contribution >= 4 is 36.4 Å². The van der Waals surface area contributed by atoms with Gasteiger partial charge in [-0.1, -0.05) is 19.1 Å². The first-order chi connectivity index (χ1) is 11.2. The summed E-state index contributed by atoms with van der Waals surface area (Å²) in [6.45, 7) is 4.22. The van der Waals surface area contributed by atoms with Crippen LogP contribution in [0.15, 0.2) is 48.7 Å². The Morgan fingerprint density at radius 3 is 2.72 bits per heavy atom. The zero-order chi connectivity index (χ0) is 16.1. The van der Waals surface area contributed by atoms with Crippen molar-refractivity contribution in [2.24, 2.45) is 11.8 Å². The summed E-state index contributed by atoms with van der Waals surface area (Å²) in [5, 5.41) is 6.16. The number of aromatic nitrogens is 1. The van der Waals surface area contributed by atoms with Crippen molar-refractivity contribution in [1.82, 2.24) is 10.3 Å². The molecule has 0 spiro atoms. The number of rotatable bonds is 6. The number of hydrogen-bond acceptors (Lipinski definition) is 4. The quantitative estimate of drug-likeness (QED) is 0.802. The fourth-order valence-electron chi connectivity index (χ4n) is 2.44. The summed E-state index contributed by atoms with van der Waals surface area (Å²) < 4.78 is 5.73. The molecule has 25 heavy (non-hydrogen) atoms. The monoisotopic (exact) mass is 383 g/mol. The molecule has 5 nitrogen and oxygen atoms in total. The molecular weight excluding hydrogens is 361 g/mol. The molecule has 0 radical (unpaired) electrons. The van der Waals surface area contributed by atoms with Crippen molar-refractivity contribution in [3.63, 3.8) is 0 Å². The van der Waals surface area contributed by atoms with Gasteiger partial charge in [0.2, 0.25) is 5.91 Å². The van der Waals surface area contributed by atoms with E-state index in [1.165, 1.54) is 0 Å². The van der Waals surface area contributed by atoms with Crippen molar-refractivity contribution in [2.45, 2.75) is 13.5 Å². The summed E-state index contributed by atoms with van der Waals surface area (Å²) in [6.07, 6.45) is 1.74. The van der Waals surface area contributed by atoms with Gasteiger partial charge in [0.15, 0.2) is 0 Å². The number of ether oxygens (including phenoxy) is 1. The maximum atomic E-state index is 12.2. The average Bonchev–Trinajstić information content (AvgIpc) is 2.52. The normalized spacial score (nSPS) is 14.3. The highest BCUT2D eigenvalue weighted by Crippen LogP contribution is 2.21. The molecule has 3 rings (SSSR count). The van der Waals surface area contributed by atoms with E-state index >= 15 is 0 Å². The highest BCUT2D eigenvalue weighted by Gasteiger charge is 2.28. The summed E-state index contributed by atoms with van der Waals surface area (Å²) in [5.41, 5.74) is 1.63. The smallest absolute Gasteiger partial charge is 0.227 e. The number of amides is 1. The van der Waals surface area contributed by atoms with Crippen molar-refractivity contribution < 1.29 is 9.53 Å². The topological polar surface area (TPSA) is 63.2 Å². The molecule has 0 aliphatic carbocycles. The number of benzene rings is 1. The van der Waals surface area contributed by atoms with E-state index in [1.54, 1.807) is 6.20 Å². The molecule has 0 bridgehead atoms. The van der Waals surface area contributed by atoms with E-state index in [1.807, 2.05) is 49.4 Å². The number of halogens is 2. The standard InChI is InChI=1S/C18H21N3O2.2ClH/c1-13(14-10-19-11-14)18(22)21-15-6-4-7-17(9-15)23-12-16-5-2-3-8-20-16;;/h2-9,13-14,19H,10-12H2,1H3,(H,21,22);2*1H. The van der Waals surface area contributed by atoms with Gasteiger partial charge in [-0.2, -0.15) is 0 Å². The van der Waals surface area contributed by atoms with Crippen molar-refractivity contribution in [2.75, 3.05) is 18.4 Å². The van der Waals surface area contributed by atoms with Crippen LogP contribution in [0.2, 0.25) is 0 Å². The van der Waals surface area contributed by atoms with E-state index in [2.05, 4.69) is 15.6 Å². The average molecular weight is 384 g/mol. The number of pyridine rings is 1. The van der Waals surface area contributed by atoms with Gasteiger partial charge in [-0.25, -0.2) is 0 Å². The molecule has 1 aromatic carbocycles. The minimum atomic E-state index is 0. The molecule has 1 amide bonds. The van der Waals surface area contributed by atoms with Gasteiger partial charge in [-0.05, 0) is 43.3 Å². The number of anilines is 1. The van der Waals surface area contributed by atoms with Crippen molar-refractivity contribution in [3.05, 3.63) is 54.4 Å². The molecule has 2 N–H and O–H groups in total. The Morgan fingerprint density at radius 2 is 2.08 bits per heavy atom. The number of carbonyl (C=O) groups is 1. The first-order valence-electron chi connectivity index (χ1n) is 7.87. The largest absolute Gasteiger partial charge is 0.487 e. The third-order valence-electron chi connectivity index (χ3n) is 4.15. The number of hydrogen-bond donors (Lipinski definition) is 2. The molecule has 1 unspecified atom stereocenters. The molecule has 1 fully saturated rings. The third kappa shape index (κ3) is 5.88. The minimum absolute atomic E-state index is 0. The van der Waals surface area contributed by atoms with Gasteiger partial charge in [-0.3, -0.25) is 9.78 Å². The fourth-order valence-corrected chi connectivity index (χ4v) is 2.44. The predicted octanol–water partition coefficient (Wildman–Crippen LogP) is 3.30. The molecule has 1 aliphatic rings. The van der Waals surface area contributed by atoms with Gasteiger partial charge in [0.25, 0.3) is 0 Å². The Hall–Kier alpha value is -1.82. The minimum Gasteiger partial charge on any atom is -0.487 e. The molecule has 1 atom stereocenters. The zero-order valence-corrected chi connectivity index (χ0v) is 15.6.